The smallest absolute Gasteiger partial charge is 0.207 e. The number of nitrogens with zero attached hydrogens (tertiary/aromatic N) is 2. The van der Waals surface area contributed by atoms with Gasteiger partial charge in [0.2, 0.25) is 5.95 Å². The van der Waals surface area contributed by atoms with Crippen LogP contribution in [0.5, 0.6) is 0 Å². The van der Waals surface area contributed by atoms with Gasteiger partial charge in [0.25, 0.3) is 0 Å². The molecule has 1 heterocycles. The Morgan fingerprint density at radius 3 is 2.75 bits per heavy atom. The van der Waals surface area contributed by atoms with Crippen LogP contribution in [0.2, 0.25) is 0 Å². The highest BCUT2D eigenvalue weighted by Gasteiger charge is 2.20. The Morgan fingerprint density at radius 2 is 2.00 bits per heavy atom. The first-order valence-corrected chi connectivity index (χ1v) is 8.01. The Hall–Kier alpha value is -1.29. The monoisotopic (exact) mass is 333 g/mol. The van der Waals surface area contributed by atoms with Crippen LogP contribution in [-0.2, 0) is 0 Å². The van der Waals surface area contributed by atoms with Crippen LogP contribution in [0, 0.1) is 13.8 Å². The van der Waals surface area contributed by atoms with E-state index in [2.05, 4.69) is 69.0 Å². The zero-order chi connectivity index (χ0) is 14.1. The molecule has 0 atom stereocenters. The Kier molecular flexibility index (Phi) is 3.83. The maximum Gasteiger partial charge on any atom is 0.207 e. The average molecular weight is 334 g/mol. The van der Waals surface area contributed by atoms with E-state index in [1.54, 1.807) is 0 Å². The van der Waals surface area contributed by atoms with Crippen LogP contribution in [0.3, 0.4) is 0 Å². The number of rotatable bonds is 3. The Balaban J connectivity index is 1.92. The van der Waals surface area contributed by atoms with E-state index in [1.807, 2.05) is 0 Å². The summed E-state index contributed by atoms with van der Waals surface area (Å²) in [7, 11) is 0. The van der Waals surface area contributed by atoms with E-state index < -0.39 is 0 Å². The second-order valence-corrected chi connectivity index (χ2v) is 6.55. The Labute approximate surface area is 128 Å². The van der Waals surface area contributed by atoms with Gasteiger partial charge in [-0.3, -0.25) is 0 Å². The predicted molar refractivity (Wildman–Crippen MR) is 86.6 cm³/mol. The normalized spacial score (nSPS) is 15.8. The molecule has 0 saturated heterocycles. The van der Waals surface area contributed by atoms with Gasteiger partial charge in [-0.2, -0.15) is 0 Å². The fraction of sp³-hybridized carbons (Fsp3) is 0.438. The molecule has 0 aliphatic heterocycles. The molecule has 0 bridgehead atoms. The molecule has 1 aliphatic rings. The zero-order valence-electron chi connectivity index (χ0n) is 12.0. The number of hydrogen-bond acceptors (Lipinski definition) is 2. The molecule has 1 saturated carbocycles. The molecule has 0 radical (unpaired) electrons. The van der Waals surface area contributed by atoms with Crippen molar-refractivity contribution in [3.8, 4) is 0 Å². The third-order valence-corrected chi connectivity index (χ3v) is 4.51. The molecule has 20 heavy (non-hydrogen) atoms. The zero-order valence-corrected chi connectivity index (χ0v) is 13.6. The quantitative estimate of drug-likeness (QED) is 0.844. The van der Waals surface area contributed by atoms with Crippen LogP contribution < -0.4 is 5.32 Å². The molecule has 0 spiro atoms. The number of nitrogens with one attached hydrogen (secondary N) is 1. The van der Waals surface area contributed by atoms with Gasteiger partial charge in [0.15, 0.2) is 0 Å². The van der Waals surface area contributed by atoms with Gasteiger partial charge >= 0.3 is 0 Å². The molecule has 4 heteroatoms. The van der Waals surface area contributed by atoms with Gasteiger partial charge in [-0.05, 0) is 44.4 Å². The van der Waals surface area contributed by atoms with Crippen LogP contribution >= 0.6 is 15.9 Å². The van der Waals surface area contributed by atoms with Crippen molar-refractivity contribution in [3.63, 3.8) is 0 Å². The molecule has 1 N–H and O–H groups in total. The summed E-state index contributed by atoms with van der Waals surface area (Å²) in [6.45, 7) is 4.18. The minimum absolute atomic E-state index is 0.603. The van der Waals surface area contributed by atoms with E-state index in [-0.39, 0.29) is 0 Å². The molecular formula is C16H20BrN3. The highest BCUT2D eigenvalue weighted by Crippen LogP contribution is 2.33. The SMILES string of the molecule is Cc1cn(C2CCCC2)c(Nc2cc(Br)ccc2C)n1. The molecular weight excluding hydrogens is 314 g/mol. The van der Waals surface area contributed by atoms with E-state index in [0.717, 1.165) is 21.8 Å². The van der Waals surface area contributed by atoms with Gasteiger partial charge in [0.1, 0.15) is 0 Å². The summed E-state index contributed by atoms with van der Waals surface area (Å²) in [4.78, 5) is 4.66. The van der Waals surface area contributed by atoms with Gasteiger partial charge in [-0.1, -0.05) is 34.8 Å². The fourth-order valence-electron chi connectivity index (χ4n) is 2.92. The molecule has 0 amide bonds. The van der Waals surface area contributed by atoms with E-state index >= 15 is 0 Å². The first-order valence-electron chi connectivity index (χ1n) is 7.22. The second kappa shape index (κ2) is 5.60. The van der Waals surface area contributed by atoms with E-state index in [0.29, 0.717) is 6.04 Å². The first kappa shape index (κ1) is 13.7. The predicted octanol–water partition coefficient (Wildman–Crippen LogP) is 5.12. The van der Waals surface area contributed by atoms with Gasteiger partial charge in [0, 0.05) is 22.4 Å². The molecule has 1 aromatic carbocycles. The van der Waals surface area contributed by atoms with Crippen molar-refractivity contribution in [2.24, 2.45) is 0 Å². The molecule has 106 valence electrons. The van der Waals surface area contributed by atoms with Crippen molar-refractivity contribution in [1.82, 2.24) is 9.55 Å². The maximum absolute atomic E-state index is 4.66. The lowest BCUT2D eigenvalue weighted by Crippen LogP contribution is -2.08. The number of anilines is 2. The topological polar surface area (TPSA) is 29.9 Å². The highest BCUT2D eigenvalue weighted by atomic mass is 79.9. The first-order chi connectivity index (χ1) is 9.63. The van der Waals surface area contributed by atoms with E-state index in [9.17, 15) is 0 Å². The third-order valence-electron chi connectivity index (χ3n) is 4.02. The number of imidazole rings is 1. The lowest BCUT2D eigenvalue weighted by molar-refractivity contribution is 0.524. The summed E-state index contributed by atoms with van der Waals surface area (Å²) in [5, 5.41) is 3.50. The van der Waals surface area contributed by atoms with Gasteiger partial charge in [0.05, 0.1) is 5.69 Å². The van der Waals surface area contributed by atoms with Crippen LogP contribution in [0.15, 0.2) is 28.9 Å². The van der Waals surface area contributed by atoms with Crippen LogP contribution in [0.25, 0.3) is 0 Å². The summed E-state index contributed by atoms with van der Waals surface area (Å²) in [6, 6.07) is 6.89. The third kappa shape index (κ3) is 2.75. The summed E-state index contributed by atoms with van der Waals surface area (Å²) in [6.07, 6.45) is 7.37. The van der Waals surface area contributed by atoms with Crippen molar-refractivity contribution < 1.29 is 0 Å². The van der Waals surface area contributed by atoms with Gasteiger partial charge < -0.3 is 9.88 Å². The van der Waals surface area contributed by atoms with Gasteiger partial charge in [-0.25, -0.2) is 4.98 Å². The fourth-order valence-corrected chi connectivity index (χ4v) is 3.28. The molecule has 1 aliphatic carbocycles. The standard InChI is InChI=1S/C16H20BrN3/c1-11-7-8-13(17)9-15(11)19-16-18-12(2)10-20(16)14-5-3-4-6-14/h7-10,14H,3-6H2,1-2H3,(H,18,19). The van der Waals surface area contributed by atoms with Crippen molar-refractivity contribution in [2.45, 2.75) is 45.6 Å². The summed E-state index contributed by atoms with van der Waals surface area (Å²) in [5.74, 6) is 0.968. The Morgan fingerprint density at radius 1 is 1.25 bits per heavy atom. The molecule has 3 nitrogen and oxygen atoms in total. The lowest BCUT2D eigenvalue weighted by atomic mass is 10.2. The minimum Gasteiger partial charge on any atom is -0.325 e. The molecule has 1 fully saturated rings. The molecule has 0 unspecified atom stereocenters. The Bertz CT molecular complexity index is 612. The number of aromatic nitrogens is 2. The van der Waals surface area contributed by atoms with Crippen LogP contribution in [0.4, 0.5) is 11.6 Å². The summed E-state index contributed by atoms with van der Waals surface area (Å²) in [5.41, 5.74) is 3.42. The van der Waals surface area contributed by atoms with Crippen molar-refractivity contribution in [3.05, 3.63) is 40.1 Å². The van der Waals surface area contributed by atoms with Crippen LogP contribution in [-0.4, -0.2) is 9.55 Å². The average Bonchev–Trinajstić information content (AvgIpc) is 3.03. The largest absolute Gasteiger partial charge is 0.325 e. The van der Waals surface area contributed by atoms with E-state index in [4.69, 9.17) is 0 Å². The molecule has 3 rings (SSSR count). The molecule has 1 aromatic heterocycles. The number of halogens is 1. The minimum atomic E-state index is 0.603. The van der Waals surface area contributed by atoms with Crippen molar-refractivity contribution >= 4 is 27.6 Å². The van der Waals surface area contributed by atoms with Crippen molar-refractivity contribution in [2.75, 3.05) is 5.32 Å². The van der Waals surface area contributed by atoms with Crippen molar-refractivity contribution in [1.29, 1.82) is 0 Å². The van der Waals surface area contributed by atoms with Crippen LogP contribution in [0.1, 0.15) is 43.0 Å². The van der Waals surface area contributed by atoms with E-state index in [1.165, 1.54) is 31.2 Å². The highest BCUT2D eigenvalue weighted by molar-refractivity contribution is 9.10. The number of benzene rings is 1. The maximum atomic E-state index is 4.66. The number of hydrogen-bond donors (Lipinski definition) is 1. The number of aryl methyl sites for hydroxylation is 2. The molecule has 2 aromatic rings. The van der Waals surface area contributed by atoms with Gasteiger partial charge in [-0.15, -0.1) is 0 Å². The lowest BCUT2D eigenvalue weighted by Gasteiger charge is -2.16. The summed E-state index contributed by atoms with van der Waals surface area (Å²) < 4.78 is 3.41. The summed E-state index contributed by atoms with van der Waals surface area (Å²) >= 11 is 3.53. The second-order valence-electron chi connectivity index (χ2n) is 5.64.